The second-order valence-corrected chi connectivity index (χ2v) is 3.96. The van der Waals surface area contributed by atoms with Gasteiger partial charge in [0.15, 0.2) is 0 Å². The van der Waals surface area contributed by atoms with E-state index in [0.29, 0.717) is 5.92 Å². The zero-order valence-corrected chi connectivity index (χ0v) is 9.11. The van der Waals surface area contributed by atoms with Gasteiger partial charge in [0.05, 0.1) is 0 Å². The molecule has 0 spiro atoms. The molecule has 0 saturated heterocycles. The number of pyridine rings is 1. The van der Waals surface area contributed by atoms with Gasteiger partial charge in [-0.25, -0.2) is 0 Å². The highest BCUT2D eigenvalue weighted by atomic mass is 14.6. The molecule has 0 bridgehead atoms. The number of nitrogens with two attached hydrogens (primary N) is 1. The molecule has 1 rings (SSSR count). The van der Waals surface area contributed by atoms with Gasteiger partial charge in [0.25, 0.3) is 0 Å². The molecule has 2 heteroatoms. The zero-order valence-electron chi connectivity index (χ0n) is 9.11. The lowest BCUT2D eigenvalue weighted by atomic mass is 9.89. The Kier molecular flexibility index (Phi) is 4.60. The molecule has 1 heterocycles. The molecular formula is C12H20N2. The van der Waals surface area contributed by atoms with Crippen LogP contribution in [0.3, 0.4) is 0 Å². The molecule has 1 aromatic heterocycles. The minimum absolute atomic E-state index is 0.493. The summed E-state index contributed by atoms with van der Waals surface area (Å²) in [6.07, 6.45) is 6.09. The number of nitrogens with zero attached hydrogens (tertiary/aromatic N) is 1. The van der Waals surface area contributed by atoms with E-state index in [-0.39, 0.29) is 0 Å². The van der Waals surface area contributed by atoms with Gasteiger partial charge in [-0.1, -0.05) is 20.3 Å². The molecule has 2 atom stereocenters. The SMILES string of the molecule is CC[C@H](C)C[C@H](CN)c1ccncc1. The molecule has 0 aromatic carbocycles. The fourth-order valence-electron chi connectivity index (χ4n) is 1.66. The predicted molar refractivity (Wildman–Crippen MR) is 60.1 cm³/mol. The average molecular weight is 192 g/mol. The molecule has 14 heavy (non-hydrogen) atoms. The van der Waals surface area contributed by atoms with Crippen LogP contribution in [0.5, 0.6) is 0 Å². The molecule has 78 valence electrons. The second kappa shape index (κ2) is 5.76. The summed E-state index contributed by atoms with van der Waals surface area (Å²) in [5.41, 5.74) is 7.11. The fraction of sp³-hybridized carbons (Fsp3) is 0.583. The predicted octanol–water partition coefficient (Wildman–Crippen LogP) is 2.56. The van der Waals surface area contributed by atoms with E-state index in [4.69, 9.17) is 5.73 Å². The van der Waals surface area contributed by atoms with Crippen molar-refractivity contribution in [3.63, 3.8) is 0 Å². The molecule has 0 saturated carbocycles. The molecule has 2 nitrogen and oxygen atoms in total. The molecule has 0 fully saturated rings. The first-order valence-corrected chi connectivity index (χ1v) is 5.37. The summed E-state index contributed by atoms with van der Waals surface area (Å²) in [7, 11) is 0. The van der Waals surface area contributed by atoms with Crippen LogP contribution >= 0.6 is 0 Å². The van der Waals surface area contributed by atoms with Crippen molar-refractivity contribution in [2.75, 3.05) is 6.54 Å². The van der Waals surface area contributed by atoms with Crippen LogP contribution in [0.4, 0.5) is 0 Å². The van der Waals surface area contributed by atoms with Crippen LogP contribution in [0.25, 0.3) is 0 Å². The summed E-state index contributed by atoms with van der Waals surface area (Å²) in [5, 5.41) is 0. The van der Waals surface area contributed by atoms with Gasteiger partial charge in [-0.05, 0) is 42.5 Å². The summed E-state index contributed by atoms with van der Waals surface area (Å²) in [6.45, 7) is 5.24. The Labute approximate surface area is 86.5 Å². The van der Waals surface area contributed by atoms with Crippen LogP contribution < -0.4 is 5.73 Å². The van der Waals surface area contributed by atoms with Gasteiger partial charge >= 0.3 is 0 Å². The number of hydrogen-bond donors (Lipinski definition) is 1. The lowest BCUT2D eigenvalue weighted by molar-refractivity contribution is 0.458. The van der Waals surface area contributed by atoms with E-state index in [1.165, 1.54) is 18.4 Å². The molecule has 0 unspecified atom stereocenters. The van der Waals surface area contributed by atoms with E-state index in [2.05, 4.69) is 31.0 Å². The topological polar surface area (TPSA) is 38.9 Å². The zero-order chi connectivity index (χ0) is 10.4. The number of hydrogen-bond acceptors (Lipinski definition) is 2. The van der Waals surface area contributed by atoms with Crippen molar-refractivity contribution in [3.05, 3.63) is 30.1 Å². The van der Waals surface area contributed by atoms with Crippen LogP contribution in [0.1, 0.15) is 38.2 Å². The standard InChI is InChI=1S/C12H20N2/c1-3-10(2)8-12(9-13)11-4-6-14-7-5-11/h4-7,10,12H,3,8-9,13H2,1-2H3/t10-,12+/m0/s1. The lowest BCUT2D eigenvalue weighted by Crippen LogP contribution is -2.15. The van der Waals surface area contributed by atoms with Crippen molar-refractivity contribution in [2.24, 2.45) is 11.7 Å². The summed E-state index contributed by atoms with van der Waals surface area (Å²) in [5.74, 6) is 1.24. The van der Waals surface area contributed by atoms with Gasteiger partial charge in [-0.15, -0.1) is 0 Å². The monoisotopic (exact) mass is 192 g/mol. The molecule has 0 aliphatic rings. The van der Waals surface area contributed by atoms with Gasteiger partial charge in [0.1, 0.15) is 0 Å². The molecule has 1 aromatic rings. The van der Waals surface area contributed by atoms with Crippen molar-refractivity contribution in [1.82, 2.24) is 4.98 Å². The van der Waals surface area contributed by atoms with Crippen molar-refractivity contribution < 1.29 is 0 Å². The van der Waals surface area contributed by atoms with E-state index in [1.54, 1.807) is 0 Å². The molecule has 2 N–H and O–H groups in total. The maximum atomic E-state index is 5.79. The van der Waals surface area contributed by atoms with E-state index in [1.807, 2.05) is 12.4 Å². The maximum Gasteiger partial charge on any atom is 0.0270 e. The van der Waals surface area contributed by atoms with Crippen molar-refractivity contribution >= 4 is 0 Å². The van der Waals surface area contributed by atoms with Gasteiger partial charge in [0, 0.05) is 12.4 Å². The quantitative estimate of drug-likeness (QED) is 0.778. The minimum atomic E-state index is 0.493. The summed E-state index contributed by atoms with van der Waals surface area (Å²) in [4.78, 5) is 4.02. The van der Waals surface area contributed by atoms with Crippen LogP contribution in [0, 0.1) is 5.92 Å². The molecular weight excluding hydrogens is 172 g/mol. The first-order valence-electron chi connectivity index (χ1n) is 5.37. The molecule has 0 amide bonds. The smallest absolute Gasteiger partial charge is 0.0270 e. The highest BCUT2D eigenvalue weighted by molar-refractivity contribution is 5.16. The normalized spacial score (nSPS) is 15.1. The summed E-state index contributed by atoms with van der Waals surface area (Å²) in [6, 6.07) is 4.14. The first kappa shape index (κ1) is 11.2. The minimum Gasteiger partial charge on any atom is -0.330 e. The van der Waals surface area contributed by atoms with Crippen LogP contribution in [0.2, 0.25) is 0 Å². The summed E-state index contributed by atoms with van der Waals surface area (Å²) < 4.78 is 0. The maximum absolute atomic E-state index is 5.79. The van der Waals surface area contributed by atoms with Crippen LogP contribution in [-0.4, -0.2) is 11.5 Å². The van der Waals surface area contributed by atoms with Gasteiger partial charge in [-0.3, -0.25) is 4.98 Å². The highest BCUT2D eigenvalue weighted by Crippen LogP contribution is 2.23. The Morgan fingerprint density at radius 1 is 1.36 bits per heavy atom. The van der Waals surface area contributed by atoms with Crippen molar-refractivity contribution in [1.29, 1.82) is 0 Å². The average Bonchev–Trinajstić information content (AvgIpc) is 2.26. The van der Waals surface area contributed by atoms with Gasteiger partial charge in [-0.2, -0.15) is 0 Å². The van der Waals surface area contributed by atoms with Gasteiger partial charge in [0.2, 0.25) is 0 Å². The number of rotatable bonds is 5. The third-order valence-electron chi connectivity index (χ3n) is 2.85. The third-order valence-corrected chi connectivity index (χ3v) is 2.85. The summed E-state index contributed by atoms with van der Waals surface area (Å²) >= 11 is 0. The number of aromatic nitrogens is 1. The first-order chi connectivity index (χ1) is 6.77. The Hall–Kier alpha value is -0.890. The van der Waals surface area contributed by atoms with Gasteiger partial charge < -0.3 is 5.73 Å². The van der Waals surface area contributed by atoms with E-state index < -0.39 is 0 Å². The molecule has 0 radical (unpaired) electrons. The molecule has 0 aliphatic carbocycles. The second-order valence-electron chi connectivity index (χ2n) is 3.96. The van der Waals surface area contributed by atoms with Crippen LogP contribution in [-0.2, 0) is 0 Å². The molecule has 0 aliphatic heterocycles. The Balaban J connectivity index is 2.63. The third kappa shape index (κ3) is 3.11. The van der Waals surface area contributed by atoms with Crippen molar-refractivity contribution in [2.45, 2.75) is 32.6 Å². The van der Waals surface area contributed by atoms with Crippen LogP contribution in [0.15, 0.2) is 24.5 Å². The largest absolute Gasteiger partial charge is 0.330 e. The lowest BCUT2D eigenvalue weighted by Gasteiger charge is -2.18. The van der Waals surface area contributed by atoms with E-state index in [9.17, 15) is 0 Å². The van der Waals surface area contributed by atoms with E-state index in [0.717, 1.165) is 12.5 Å². The highest BCUT2D eigenvalue weighted by Gasteiger charge is 2.12. The Morgan fingerprint density at radius 3 is 2.50 bits per heavy atom. The Bertz CT molecular complexity index is 246. The Morgan fingerprint density at radius 2 is 2.00 bits per heavy atom. The van der Waals surface area contributed by atoms with E-state index >= 15 is 0 Å². The van der Waals surface area contributed by atoms with Crippen molar-refractivity contribution in [3.8, 4) is 0 Å². The fourth-order valence-corrected chi connectivity index (χ4v) is 1.66.